The maximum absolute atomic E-state index is 13.8. The van der Waals surface area contributed by atoms with Crippen LogP contribution >= 0.6 is 11.3 Å². The Hall–Kier alpha value is -2.15. The quantitative estimate of drug-likeness (QED) is 0.389. The van der Waals surface area contributed by atoms with Gasteiger partial charge >= 0.3 is 0 Å². The van der Waals surface area contributed by atoms with Crippen molar-refractivity contribution in [2.24, 2.45) is 10.9 Å². The van der Waals surface area contributed by atoms with E-state index in [1.54, 1.807) is 29.6 Å². The van der Waals surface area contributed by atoms with Crippen molar-refractivity contribution in [2.45, 2.75) is 6.54 Å². The van der Waals surface area contributed by atoms with Crippen LogP contribution in [-0.2, 0) is 6.54 Å². The zero-order chi connectivity index (χ0) is 13.8. The number of benzene rings is 1. The highest BCUT2D eigenvalue weighted by atomic mass is 32.1. The third-order valence-corrected chi connectivity index (χ3v) is 3.28. The molecule has 0 unspecified atom stereocenters. The molecule has 1 heterocycles. The molecule has 2 rings (SSSR count). The SMILES string of the molecule is CN(Cc1cscn1)c1cccc(F)c1C(N)=NO. The summed E-state index contributed by atoms with van der Waals surface area (Å²) in [4.78, 5) is 5.97. The van der Waals surface area contributed by atoms with Gasteiger partial charge in [0.05, 0.1) is 29.0 Å². The van der Waals surface area contributed by atoms with E-state index in [1.165, 1.54) is 17.4 Å². The Morgan fingerprint density at radius 3 is 3.00 bits per heavy atom. The minimum atomic E-state index is -0.530. The zero-order valence-electron chi connectivity index (χ0n) is 10.2. The van der Waals surface area contributed by atoms with Crippen LogP contribution in [0, 0.1) is 5.82 Å². The van der Waals surface area contributed by atoms with Crippen LogP contribution in [0.5, 0.6) is 0 Å². The van der Waals surface area contributed by atoms with Crippen LogP contribution in [0.3, 0.4) is 0 Å². The molecule has 1 aromatic carbocycles. The van der Waals surface area contributed by atoms with Gasteiger partial charge in [-0.25, -0.2) is 9.37 Å². The number of aromatic nitrogens is 1. The molecule has 1 aromatic heterocycles. The number of hydrogen-bond acceptors (Lipinski definition) is 5. The van der Waals surface area contributed by atoms with Gasteiger partial charge in [0.15, 0.2) is 5.84 Å². The van der Waals surface area contributed by atoms with E-state index in [0.29, 0.717) is 12.2 Å². The molecule has 0 spiro atoms. The molecule has 0 atom stereocenters. The van der Waals surface area contributed by atoms with E-state index in [2.05, 4.69) is 10.1 Å². The standard InChI is InChI=1S/C12H13FN4OS/c1-17(5-8-6-19-7-15-8)10-4-2-3-9(13)11(10)12(14)16-18/h2-4,6-7,18H,5H2,1H3,(H2,14,16). The summed E-state index contributed by atoms with van der Waals surface area (Å²) in [6.45, 7) is 0.513. The molecule has 0 aliphatic heterocycles. The van der Waals surface area contributed by atoms with E-state index in [4.69, 9.17) is 10.9 Å². The van der Waals surface area contributed by atoms with Gasteiger partial charge in [-0.3, -0.25) is 0 Å². The smallest absolute Gasteiger partial charge is 0.175 e. The van der Waals surface area contributed by atoms with E-state index in [0.717, 1.165) is 5.69 Å². The Morgan fingerprint density at radius 1 is 1.58 bits per heavy atom. The predicted molar refractivity (Wildman–Crippen MR) is 73.1 cm³/mol. The molecule has 0 saturated heterocycles. The third kappa shape index (κ3) is 2.82. The largest absolute Gasteiger partial charge is 0.409 e. The first kappa shape index (κ1) is 13.3. The van der Waals surface area contributed by atoms with Crippen LogP contribution < -0.4 is 10.6 Å². The number of nitrogens with zero attached hydrogens (tertiary/aromatic N) is 3. The molecule has 0 fully saturated rings. The highest BCUT2D eigenvalue weighted by molar-refractivity contribution is 7.07. The average Bonchev–Trinajstić information content (AvgIpc) is 2.90. The van der Waals surface area contributed by atoms with Crippen LogP contribution in [0.25, 0.3) is 0 Å². The van der Waals surface area contributed by atoms with Gasteiger partial charge in [0.25, 0.3) is 0 Å². The summed E-state index contributed by atoms with van der Waals surface area (Å²) in [7, 11) is 1.79. The zero-order valence-corrected chi connectivity index (χ0v) is 11.1. The second-order valence-electron chi connectivity index (χ2n) is 3.96. The van der Waals surface area contributed by atoms with Crippen molar-refractivity contribution in [3.8, 4) is 0 Å². The Kier molecular flexibility index (Phi) is 3.96. The Bertz CT molecular complexity index is 585. The topological polar surface area (TPSA) is 74.7 Å². The highest BCUT2D eigenvalue weighted by Gasteiger charge is 2.16. The van der Waals surface area contributed by atoms with Gasteiger partial charge in [0.1, 0.15) is 5.82 Å². The minimum absolute atomic E-state index is 0.0859. The fourth-order valence-electron chi connectivity index (χ4n) is 1.78. The van der Waals surface area contributed by atoms with Crippen molar-refractivity contribution in [3.05, 3.63) is 46.2 Å². The molecule has 100 valence electrons. The molecule has 0 amide bonds. The Labute approximate surface area is 113 Å². The minimum Gasteiger partial charge on any atom is -0.409 e. The van der Waals surface area contributed by atoms with Crippen LogP contribution in [0.15, 0.2) is 34.2 Å². The lowest BCUT2D eigenvalue weighted by molar-refractivity contribution is 0.318. The molecule has 0 aliphatic rings. The van der Waals surface area contributed by atoms with Gasteiger partial charge in [-0.1, -0.05) is 11.2 Å². The second-order valence-corrected chi connectivity index (χ2v) is 4.67. The predicted octanol–water partition coefficient (Wildman–Crippen LogP) is 2.01. The van der Waals surface area contributed by atoms with Gasteiger partial charge < -0.3 is 15.8 Å². The molecule has 0 radical (unpaired) electrons. The molecule has 0 bridgehead atoms. The molecule has 0 aliphatic carbocycles. The number of thiazole rings is 1. The van der Waals surface area contributed by atoms with Crippen LogP contribution in [-0.4, -0.2) is 23.1 Å². The number of oxime groups is 1. The van der Waals surface area contributed by atoms with Crippen LogP contribution in [0.4, 0.5) is 10.1 Å². The van der Waals surface area contributed by atoms with E-state index >= 15 is 0 Å². The maximum atomic E-state index is 13.8. The maximum Gasteiger partial charge on any atom is 0.175 e. The lowest BCUT2D eigenvalue weighted by atomic mass is 10.1. The number of amidine groups is 1. The fourth-order valence-corrected chi connectivity index (χ4v) is 2.33. The first-order valence-corrected chi connectivity index (χ1v) is 6.42. The Morgan fingerprint density at radius 2 is 2.37 bits per heavy atom. The highest BCUT2D eigenvalue weighted by Crippen LogP contribution is 2.23. The van der Waals surface area contributed by atoms with E-state index in [1.807, 2.05) is 5.38 Å². The summed E-state index contributed by atoms with van der Waals surface area (Å²) in [5.41, 5.74) is 8.77. The number of rotatable bonds is 4. The molecule has 3 N–H and O–H groups in total. The van der Waals surface area contributed by atoms with E-state index in [9.17, 15) is 4.39 Å². The average molecular weight is 280 g/mol. The third-order valence-electron chi connectivity index (χ3n) is 2.65. The van der Waals surface area contributed by atoms with Gasteiger partial charge in [-0.2, -0.15) is 0 Å². The van der Waals surface area contributed by atoms with Crippen molar-refractivity contribution in [3.63, 3.8) is 0 Å². The summed E-state index contributed by atoms with van der Waals surface area (Å²) in [5, 5.41) is 13.5. The number of anilines is 1. The lowest BCUT2D eigenvalue weighted by Crippen LogP contribution is -2.24. The molecule has 2 aromatic rings. The van der Waals surface area contributed by atoms with Crippen LogP contribution in [0.1, 0.15) is 11.3 Å². The van der Waals surface area contributed by atoms with E-state index in [-0.39, 0.29) is 11.4 Å². The van der Waals surface area contributed by atoms with Gasteiger partial charge in [0.2, 0.25) is 0 Å². The first-order valence-electron chi connectivity index (χ1n) is 5.48. The van der Waals surface area contributed by atoms with Crippen molar-refractivity contribution >= 4 is 22.9 Å². The molecule has 0 saturated carbocycles. The molecular formula is C12H13FN4OS. The normalized spacial score (nSPS) is 11.6. The summed E-state index contributed by atoms with van der Waals surface area (Å²) in [5.74, 6) is -0.781. The van der Waals surface area contributed by atoms with Gasteiger partial charge in [-0.15, -0.1) is 11.3 Å². The molecule has 19 heavy (non-hydrogen) atoms. The number of hydrogen-bond donors (Lipinski definition) is 2. The van der Waals surface area contributed by atoms with Gasteiger partial charge in [0, 0.05) is 12.4 Å². The monoisotopic (exact) mass is 280 g/mol. The summed E-state index contributed by atoms with van der Waals surface area (Å²) in [6.07, 6.45) is 0. The number of nitrogens with two attached hydrogens (primary N) is 1. The van der Waals surface area contributed by atoms with Crippen molar-refractivity contribution < 1.29 is 9.60 Å². The first-order chi connectivity index (χ1) is 9.13. The lowest BCUT2D eigenvalue weighted by Gasteiger charge is -2.21. The van der Waals surface area contributed by atoms with Crippen molar-refractivity contribution in [1.82, 2.24) is 4.98 Å². The van der Waals surface area contributed by atoms with Crippen molar-refractivity contribution in [2.75, 3.05) is 11.9 Å². The van der Waals surface area contributed by atoms with Crippen LogP contribution in [0.2, 0.25) is 0 Å². The fraction of sp³-hybridized carbons (Fsp3) is 0.167. The Balaban J connectivity index is 2.36. The van der Waals surface area contributed by atoms with Gasteiger partial charge in [-0.05, 0) is 12.1 Å². The summed E-state index contributed by atoms with van der Waals surface area (Å²) < 4.78 is 13.8. The second kappa shape index (κ2) is 5.66. The van der Waals surface area contributed by atoms with Crippen molar-refractivity contribution in [1.29, 1.82) is 0 Å². The summed E-state index contributed by atoms with van der Waals surface area (Å²) >= 11 is 1.49. The number of halogens is 1. The molecule has 5 nitrogen and oxygen atoms in total. The molecule has 7 heteroatoms. The molecular weight excluding hydrogens is 267 g/mol. The summed E-state index contributed by atoms with van der Waals surface area (Å²) in [6, 6.07) is 4.56. The van der Waals surface area contributed by atoms with E-state index < -0.39 is 5.82 Å².